The van der Waals surface area contributed by atoms with Crippen LogP contribution in [0.15, 0.2) is 30.3 Å². The summed E-state index contributed by atoms with van der Waals surface area (Å²) in [6.45, 7) is 0. The first kappa shape index (κ1) is 14.4. The average Bonchev–Trinajstić information content (AvgIpc) is 2.41. The topological polar surface area (TPSA) is 80.1 Å². The molecule has 0 amide bonds. The van der Waals surface area contributed by atoms with Gasteiger partial charge in [-0.05, 0) is 46.9 Å². The van der Waals surface area contributed by atoms with Crippen molar-refractivity contribution in [2.24, 2.45) is 0 Å². The highest BCUT2D eigenvalue weighted by atomic mass is 127. The quantitative estimate of drug-likeness (QED) is 0.476. The Morgan fingerprint density at radius 1 is 1.35 bits per heavy atom. The number of nitrogens with zero attached hydrogens (tertiary/aromatic N) is 2. The fraction of sp³-hybridized carbons (Fsp3) is 0.0833. The van der Waals surface area contributed by atoms with Gasteiger partial charge in [0.2, 0.25) is 5.82 Å². The molecule has 0 atom stereocenters. The molecule has 0 aliphatic carbocycles. The number of pyridine rings is 1. The lowest BCUT2D eigenvalue weighted by Crippen LogP contribution is -2.03. The van der Waals surface area contributed by atoms with Crippen molar-refractivity contribution in [1.82, 2.24) is 4.98 Å². The lowest BCUT2D eigenvalue weighted by atomic mass is 10.3. The molecule has 20 heavy (non-hydrogen) atoms. The molecule has 8 heteroatoms. The summed E-state index contributed by atoms with van der Waals surface area (Å²) >= 11 is 1.94. The van der Waals surface area contributed by atoms with E-state index in [9.17, 15) is 14.5 Å². The van der Waals surface area contributed by atoms with Gasteiger partial charge in [-0.3, -0.25) is 10.1 Å². The Morgan fingerprint density at radius 2 is 2.10 bits per heavy atom. The Hall–Kier alpha value is -1.97. The lowest BCUT2D eigenvalue weighted by molar-refractivity contribution is -0.384. The maximum atomic E-state index is 13.0. The summed E-state index contributed by atoms with van der Waals surface area (Å²) in [5, 5.41) is 16.7. The SMILES string of the molecule is CNc1ccc([N+](=O)[O-])c(Nc2ccc(F)cc2I)n1. The van der Waals surface area contributed by atoms with Crippen molar-refractivity contribution in [3.63, 3.8) is 0 Å². The summed E-state index contributed by atoms with van der Waals surface area (Å²) in [7, 11) is 1.67. The Kier molecular flexibility index (Phi) is 4.32. The van der Waals surface area contributed by atoms with E-state index >= 15 is 0 Å². The molecule has 2 aromatic rings. The van der Waals surface area contributed by atoms with Crippen LogP contribution in [0.1, 0.15) is 0 Å². The van der Waals surface area contributed by atoms with E-state index in [1.807, 2.05) is 22.6 Å². The van der Waals surface area contributed by atoms with E-state index in [-0.39, 0.29) is 17.3 Å². The second kappa shape index (κ2) is 5.99. The number of hydrogen-bond donors (Lipinski definition) is 2. The molecule has 2 rings (SSSR count). The molecule has 1 heterocycles. The van der Waals surface area contributed by atoms with Gasteiger partial charge in [0.15, 0.2) is 0 Å². The minimum absolute atomic E-state index is 0.103. The third-order valence-electron chi connectivity index (χ3n) is 2.51. The fourth-order valence-corrected chi connectivity index (χ4v) is 2.16. The van der Waals surface area contributed by atoms with Crippen LogP contribution in [0.4, 0.5) is 27.4 Å². The predicted octanol–water partition coefficient (Wildman–Crippen LogP) is 3.52. The van der Waals surface area contributed by atoms with Gasteiger partial charge in [-0.15, -0.1) is 0 Å². The van der Waals surface area contributed by atoms with Crippen molar-refractivity contribution in [2.45, 2.75) is 0 Å². The minimum Gasteiger partial charge on any atom is -0.373 e. The number of aromatic nitrogens is 1. The summed E-state index contributed by atoms with van der Waals surface area (Å²) in [5.41, 5.74) is 0.403. The first-order valence-electron chi connectivity index (χ1n) is 5.56. The van der Waals surface area contributed by atoms with Gasteiger partial charge in [0, 0.05) is 16.7 Å². The van der Waals surface area contributed by atoms with Crippen molar-refractivity contribution < 1.29 is 9.31 Å². The highest BCUT2D eigenvalue weighted by molar-refractivity contribution is 14.1. The number of nitrogens with one attached hydrogen (secondary N) is 2. The largest absolute Gasteiger partial charge is 0.373 e. The van der Waals surface area contributed by atoms with E-state index < -0.39 is 4.92 Å². The Morgan fingerprint density at radius 3 is 2.70 bits per heavy atom. The number of halogens is 2. The number of rotatable bonds is 4. The van der Waals surface area contributed by atoms with Gasteiger partial charge in [-0.25, -0.2) is 9.37 Å². The Labute approximate surface area is 127 Å². The summed E-state index contributed by atoms with van der Waals surface area (Å²) in [6, 6.07) is 6.99. The molecular weight excluding hydrogens is 378 g/mol. The third kappa shape index (κ3) is 3.13. The predicted molar refractivity (Wildman–Crippen MR) is 82.8 cm³/mol. The zero-order chi connectivity index (χ0) is 14.7. The van der Waals surface area contributed by atoms with Crippen LogP contribution in [0.3, 0.4) is 0 Å². The highest BCUT2D eigenvalue weighted by Crippen LogP contribution is 2.29. The Balaban J connectivity index is 2.43. The van der Waals surface area contributed by atoms with Crippen molar-refractivity contribution >= 4 is 45.6 Å². The van der Waals surface area contributed by atoms with Crippen molar-refractivity contribution in [1.29, 1.82) is 0 Å². The standard InChI is InChI=1S/C12H10FIN4O2/c1-15-11-5-4-10(18(19)20)12(17-11)16-9-3-2-7(13)6-8(9)14/h2-6H,1H3,(H2,15,16,17). The lowest BCUT2D eigenvalue weighted by Gasteiger charge is -2.09. The molecule has 0 unspecified atom stereocenters. The van der Waals surface area contributed by atoms with Crippen molar-refractivity contribution in [2.75, 3.05) is 17.7 Å². The fourth-order valence-electron chi connectivity index (χ4n) is 1.55. The van der Waals surface area contributed by atoms with E-state index in [0.29, 0.717) is 15.1 Å². The van der Waals surface area contributed by atoms with Crippen LogP contribution in [0.2, 0.25) is 0 Å². The summed E-state index contributed by atoms with van der Waals surface area (Å²) in [6.07, 6.45) is 0. The van der Waals surface area contributed by atoms with Gasteiger partial charge in [-0.2, -0.15) is 0 Å². The van der Waals surface area contributed by atoms with E-state index in [0.717, 1.165) is 0 Å². The smallest absolute Gasteiger partial charge is 0.311 e. The van der Waals surface area contributed by atoms with Gasteiger partial charge in [0.1, 0.15) is 11.6 Å². The maximum absolute atomic E-state index is 13.0. The molecule has 0 bridgehead atoms. The van der Waals surface area contributed by atoms with E-state index in [4.69, 9.17) is 0 Å². The Bertz CT molecular complexity index is 666. The number of nitro groups is 1. The van der Waals surface area contributed by atoms with E-state index in [1.165, 1.54) is 30.3 Å². The number of anilines is 3. The molecule has 0 saturated carbocycles. The monoisotopic (exact) mass is 388 g/mol. The van der Waals surface area contributed by atoms with Gasteiger partial charge in [0.05, 0.1) is 10.6 Å². The zero-order valence-electron chi connectivity index (χ0n) is 10.4. The second-order valence-electron chi connectivity index (χ2n) is 3.82. The molecule has 0 fully saturated rings. The molecular formula is C12H10FIN4O2. The van der Waals surface area contributed by atoms with Crippen molar-refractivity contribution in [3.8, 4) is 0 Å². The molecule has 0 aliphatic heterocycles. The average molecular weight is 388 g/mol. The van der Waals surface area contributed by atoms with Crippen LogP contribution < -0.4 is 10.6 Å². The zero-order valence-corrected chi connectivity index (χ0v) is 12.5. The minimum atomic E-state index is -0.523. The van der Waals surface area contributed by atoms with Crippen LogP contribution in [-0.4, -0.2) is 17.0 Å². The van der Waals surface area contributed by atoms with Crippen LogP contribution >= 0.6 is 22.6 Å². The van der Waals surface area contributed by atoms with Crippen molar-refractivity contribution in [3.05, 3.63) is 49.8 Å². The van der Waals surface area contributed by atoms with Gasteiger partial charge in [-0.1, -0.05) is 0 Å². The molecule has 1 aromatic heterocycles. The van der Waals surface area contributed by atoms with E-state index in [1.54, 1.807) is 7.05 Å². The van der Waals surface area contributed by atoms with Gasteiger partial charge >= 0.3 is 5.69 Å². The van der Waals surface area contributed by atoms with E-state index in [2.05, 4.69) is 15.6 Å². The number of hydrogen-bond acceptors (Lipinski definition) is 5. The summed E-state index contributed by atoms with van der Waals surface area (Å²) in [4.78, 5) is 14.6. The normalized spacial score (nSPS) is 10.2. The van der Waals surface area contributed by atoms with Crippen LogP contribution in [0.5, 0.6) is 0 Å². The highest BCUT2D eigenvalue weighted by Gasteiger charge is 2.17. The molecule has 2 N–H and O–H groups in total. The van der Waals surface area contributed by atoms with Crippen LogP contribution in [-0.2, 0) is 0 Å². The van der Waals surface area contributed by atoms with Crippen LogP contribution in [0, 0.1) is 19.5 Å². The molecule has 0 spiro atoms. The maximum Gasteiger partial charge on any atom is 0.311 e. The first-order chi connectivity index (χ1) is 9.51. The summed E-state index contributed by atoms with van der Waals surface area (Å²) in [5.74, 6) is 0.230. The molecule has 0 saturated heterocycles. The third-order valence-corrected chi connectivity index (χ3v) is 3.40. The molecule has 0 radical (unpaired) electrons. The first-order valence-corrected chi connectivity index (χ1v) is 6.64. The molecule has 104 valence electrons. The van der Waals surface area contributed by atoms with Crippen LogP contribution in [0.25, 0.3) is 0 Å². The molecule has 1 aromatic carbocycles. The summed E-state index contributed by atoms with van der Waals surface area (Å²) < 4.78 is 13.7. The molecule has 0 aliphatic rings. The second-order valence-corrected chi connectivity index (χ2v) is 4.98. The van der Waals surface area contributed by atoms with Gasteiger partial charge < -0.3 is 10.6 Å². The molecule has 6 nitrogen and oxygen atoms in total. The van der Waals surface area contributed by atoms with Gasteiger partial charge in [0.25, 0.3) is 0 Å². The number of benzene rings is 1.